The van der Waals surface area contributed by atoms with Gasteiger partial charge in [0.25, 0.3) is 0 Å². The summed E-state index contributed by atoms with van der Waals surface area (Å²) < 4.78 is 5.28. The molecule has 3 atom stereocenters. The van der Waals surface area contributed by atoms with E-state index < -0.39 is 0 Å². The van der Waals surface area contributed by atoms with Crippen molar-refractivity contribution in [1.29, 1.82) is 0 Å². The summed E-state index contributed by atoms with van der Waals surface area (Å²) in [6.45, 7) is 4.85. The molecule has 0 saturated carbocycles. The number of thiophene rings is 1. The molecular weight excluding hydrogens is 328 g/mol. The van der Waals surface area contributed by atoms with Crippen molar-refractivity contribution in [3.8, 4) is 5.75 Å². The highest BCUT2D eigenvalue weighted by atomic mass is 32.1. The minimum absolute atomic E-state index is 0.446. The lowest BCUT2D eigenvalue weighted by Crippen LogP contribution is -2.45. The number of methoxy groups -OCH3 is 1. The zero-order valence-corrected chi connectivity index (χ0v) is 15.7. The second-order valence-electron chi connectivity index (χ2n) is 7.88. The van der Waals surface area contributed by atoms with Crippen LogP contribution in [0.4, 0.5) is 0 Å². The summed E-state index contributed by atoms with van der Waals surface area (Å²) >= 11 is 1.94. The maximum Gasteiger partial charge on any atom is 0.118 e. The van der Waals surface area contributed by atoms with E-state index in [9.17, 15) is 0 Å². The molecule has 0 N–H and O–H groups in total. The van der Waals surface area contributed by atoms with Gasteiger partial charge in [-0.1, -0.05) is 18.2 Å². The van der Waals surface area contributed by atoms with E-state index in [2.05, 4.69) is 51.6 Å². The fourth-order valence-corrected chi connectivity index (χ4v) is 6.46. The van der Waals surface area contributed by atoms with Crippen LogP contribution in [0, 0.1) is 5.92 Å². The van der Waals surface area contributed by atoms with Gasteiger partial charge in [-0.05, 0) is 60.9 Å². The Morgan fingerprint density at radius 3 is 2.88 bits per heavy atom. The Morgan fingerprint density at radius 2 is 2.12 bits per heavy atom. The molecule has 3 aliphatic rings. The summed E-state index contributed by atoms with van der Waals surface area (Å²) in [4.78, 5) is 7.14. The summed E-state index contributed by atoms with van der Waals surface area (Å²) in [7, 11) is 1.73. The highest BCUT2D eigenvalue weighted by molar-refractivity contribution is 7.10. The summed E-state index contributed by atoms with van der Waals surface area (Å²) in [5.74, 6) is 1.78. The average Bonchev–Trinajstić information content (AvgIpc) is 3.37. The van der Waals surface area contributed by atoms with Gasteiger partial charge in [-0.25, -0.2) is 0 Å². The van der Waals surface area contributed by atoms with Gasteiger partial charge in [0.2, 0.25) is 0 Å². The Labute approximate surface area is 154 Å². The molecule has 0 bridgehead atoms. The molecular formula is C21H26N2OS. The quantitative estimate of drug-likeness (QED) is 0.820. The van der Waals surface area contributed by atoms with Crippen molar-refractivity contribution in [2.45, 2.75) is 37.4 Å². The van der Waals surface area contributed by atoms with Gasteiger partial charge in [0, 0.05) is 36.1 Å². The van der Waals surface area contributed by atoms with Crippen LogP contribution in [0.5, 0.6) is 5.75 Å². The zero-order valence-electron chi connectivity index (χ0n) is 14.9. The van der Waals surface area contributed by atoms with E-state index in [-0.39, 0.29) is 0 Å². The van der Waals surface area contributed by atoms with E-state index in [1.807, 2.05) is 11.3 Å². The van der Waals surface area contributed by atoms with Gasteiger partial charge in [0.1, 0.15) is 5.75 Å². The smallest absolute Gasteiger partial charge is 0.118 e. The molecule has 0 amide bonds. The standard InChI is InChI=1S/C21H26N2OS/c1-24-18-7-5-16(6-8-18)13-22-14-17-12-19(20-4-2-11-25-20)23-10-3-9-21(17,23)15-22/h2,4-8,11,17,19H,3,9-10,12-15H2,1H3/t17-,19-,21+/m0/s1. The van der Waals surface area contributed by atoms with E-state index >= 15 is 0 Å². The van der Waals surface area contributed by atoms with Gasteiger partial charge in [-0.15, -0.1) is 11.3 Å². The first-order valence-corrected chi connectivity index (χ1v) is 10.3. The molecule has 0 aliphatic carbocycles. The van der Waals surface area contributed by atoms with Gasteiger partial charge < -0.3 is 4.74 Å². The lowest BCUT2D eigenvalue weighted by molar-refractivity contribution is 0.132. The number of ether oxygens (including phenoxy) is 1. The minimum atomic E-state index is 0.446. The normalized spacial score (nSPS) is 32.0. The Balaban J connectivity index is 1.33. The Bertz CT molecular complexity index is 729. The summed E-state index contributed by atoms with van der Waals surface area (Å²) in [6.07, 6.45) is 4.10. The predicted octanol–water partition coefficient (Wildman–Crippen LogP) is 4.17. The lowest BCUT2D eigenvalue weighted by Gasteiger charge is -2.35. The van der Waals surface area contributed by atoms with E-state index in [1.54, 1.807) is 12.0 Å². The largest absolute Gasteiger partial charge is 0.497 e. The highest BCUT2D eigenvalue weighted by Gasteiger charge is 2.59. The minimum Gasteiger partial charge on any atom is -0.497 e. The summed E-state index contributed by atoms with van der Waals surface area (Å²) in [5, 5.41) is 2.24. The van der Waals surface area contributed by atoms with Gasteiger partial charge in [-0.2, -0.15) is 0 Å². The Morgan fingerprint density at radius 1 is 1.24 bits per heavy atom. The van der Waals surface area contributed by atoms with Gasteiger partial charge in [0.05, 0.1) is 7.11 Å². The first-order chi connectivity index (χ1) is 12.3. The average molecular weight is 355 g/mol. The van der Waals surface area contributed by atoms with Crippen molar-refractivity contribution in [2.24, 2.45) is 5.92 Å². The van der Waals surface area contributed by atoms with Crippen LogP contribution in [0.15, 0.2) is 41.8 Å². The summed E-state index contributed by atoms with van der Waals surface area (Å²) in [6, 6.07) is 13.8. The van der Waals surface area contributed by atoms with Gasteiger partial charge in [-0.3, -0.25) is 9.80 Å². The molecule has 4 heteroatoms. The van der Waals surface area contributed by atoms with Crippen molar-refractivity contribution >= 4 is 11.3 Å². The van der Waals surface area contributed by atoms with Crippen molar-refractivity contribution in [2.75, 3.05) is 26.7 Å². The molecule has 1 aromatic carbocycles. The molecule has 3 fully saturated rings. The monoisotopic (exact) mass is 354 g/mol. The van der Waals surface area contributed by atoms with Crippen molar-refractivity contribution < 1.29 is 4.74 Å². The van der Waals surface area contributed by atoms with E-state index in [0.717, 1.165) is 18.2 Å². The molecule has 5 rings (SSSR count). The van der Waals surface area contributed by atoms with Crippen LogP contribution < -0.4 is 4.74 Å². The van der Waals surface area contributed by atoms with E-state index in [1.165, 1.54) is 44.5 Å². The molecule has 1 aromatic heterocycles. The van der Waals surface area contributed by atoms with Gasteiger partial charge in [0.15, 0.2) is 0 Å². The third kappa shape index (κ3) is 2.54. The van der Waals surface area contributed by atoms with E-state index in [4.69, 9.17) is 4.74 Å². The molecule has 0 radical (unpaired) electrons. The second-order valence-corrected chi connectivity index (χ2v) is 8.86. The first kappa shape index (κ1) is 15.9. The van der Waals surface area contributed by atoms with Crippen LogP contribution in [0.25, 0.3) is 0 Å². The van der Waals surface area contributed by atoms with Crippen LogP contribution in [0.3, 0.4) is 0 Å². The van der Waals surface area contributed by atoms with Crippen molar-refractivity contribution in [3.05, 3.63) is 52.2 Å². The molecule has 0 unspecified atom stereocenters. The molecule has 2 aromatic rings. The van der Waals surface area contributed by atoms with Crippen LogP contribution >= 0.6 is 11.3 Å². The maximum atomic E-state index is 5.28. The van der Waals surface area contributed by atoms with Crippen LogP contribution in [-0.2, 0) is 6.54 Å². The molecule has 3 aliphatic heterocycles. The van der Waals surface area contributed by atoms with Crippen LogP contribution in [-0.4, -0.2) is 42.1 Å². The number of nitrogens with zero attached hydrogens (tertiary/aromatic N) is 2. The third-order valence-corrected chi connectivity index (χ3v) is 7.61. The highest BCUT2D eigenvalue weighted by Crippen LogP contribution is 2.56. The number of rotatable bonds is 4. The van der Waals surface area contributed by atoms with Crippen LogP contribution in [0.1, 0.15) is 35.7 Å². The second kappa shape index (κ2) is 6.11. The summed E-state index contributed by atoms with van der Waals surface area (Å²) in [5.41, 5.74) is 1.85. The molecule has 3 nitrogen and oxygen atoms in total. The van der Waals surface area contributed by atoms with Gasteiger partial charge >= 0.3 is 0 Å². The fourth-order valence-electron chi connectivity index (χ4n) is 5.61. The molecule has 4 heterocycles. The lowest BCUT2D eigenvalue weighted by atomic mass is 9.86. The molecule has 1 spiro atoms. The number of hydrogen-bond acceptors (Lipinski definition) is 4. The predicted molar refractivity (Wildman–Crippen MR) is 102 cm³/mol. The topological polar surface area (TPSA) is 15.7 Å². The Hall–Kier alpha value is -1.36. The molecule has 132 valence electrons. The van der Waals surface area contributed by atoms with Crippen molar-refractivity contribution in [3.63, 3.8) is 0 Å². The Kier molecular flexibility index (Phi) is 3.88. The number of hydrogen-bond donors (Lipinski definition) is 0. The SMILES string of the molecule is COc1ccc(CN2C[C@@H]3C[C@@H](c4cccs4)N4CCC[C@@]34C2)cc1. The van der Waals surface area contributed by atoms with E-state index in [0.29, 0.717) is 11.6 Å². The van der Waals surface area contributed by atoms with Crippen LogP contribution in [0.2, 0.25) is 0 Å². The molecule has 3 saturated heterocycles. The zero-order chi connectivity index (χ0) is 16.9. The maximum absolute atomic E-state index is 5.28. The third-order valence-electron chi connectivity index (χ3n) is 6.64. The van der Waals surface area contributed by atoms with Crippen molar-refractivity contribution in [1.82, 2.24) is 9.80 Å². The number of likely N-dealkylation sites (tertiary alicyclic amines) is 1. The fraction of sp³-hybridized carbons (Fsp3) is 0.524. The molecule has 25 heavy (non-hydrogen) atoms. The number of benzene rings is 1. The first-order valence-electron chi connectivity index (χ1n) is 9.44.